The minimum Gasteiger partial charge on any atom is -0.294 e. The van der Waals surface area contributed by atoms with Gasteiger partial charge in [-0.15, -0.1) is 0 Å². The molecule has 3 rings (SSSR count). The van der Waals surface area contributed by atoms with Crippen molar-refractivity contribution in [1.29, 1.82) is 5.26 Å². The number of piperazine rings is 1. The average molecular weight is 355 g/mol. The summed E-state index contributed by atoms with van der Waals surface area (Å²) in [4.78, 5) is 2.39. The number of rotatable bonds is 4. The number of nitriles is 1. The Balaban J connectivity index is 1.73. The maximum absolute atomic E-state index is 12.9. The van der Waals surface area contributed by atoms with Crippen molar-refractivity contribution >= 4 is 10.0 Å². The van der Waals surface area contributed by atoms with E-state index in [0.29, 0.717) is 26.2 Å². The second kappa shape index (κ2) is 7.36. The quantitative estimate of drug-likeness (QED) is 0.846. The number of hydrogen-bond donors (Lipinski definition) is 0. The highest BCUT2D eigenvalue weighted by atomic mass is 32.2. The second-order valence-electron chi connectivity index (χ2n) is 6.13. The van der Waals surface area contributed by atoms with Crippen LogP contribution in [0.4, 0.5) is 0 Å². The Morgan fingerprint density at radius 2 is 1.56 bits per heavy atom. The molecule has 0 saturated carbocycles. The number of benzene rings is 2. The lowest BCUT2D eigenvalue weighted by Gasteiger charge is -2.37. The molecule has 0 aromatic heterocycles. The predicted molar refractivity (Wildman–Crippen MR) is 96.3 cm³/mol. The summed E-state index contributed by atoms with van der Waals surface area (Å²) >= 11 is 0. The van der Waals surface area contributed by atoms with Crippen molar-refractivity contribution in [2.75, 3.05) is 26.2 Å². The van der Waals surface area contributed by atoms with Gasteiger partial charge in [0.15, 0.2) is 0 Å². The third-order valence-electron chi connectivity index (χ3n) is 4.73. The molecule has 0 aliphatic carbocycles. The Morgan fingerprint density at radius 1 is 0.960 bits per heavy atom. The van der Waals surface area contributed by atoms with Gasteiger partial charge in [-0.3, -0.25) is 4.90 Å². The summed E-state index contributed by atoms with van der Waals surface area (Å²) in [6.45, 7) is 4.34. The summed E-state index contributed by atoms with van der Waals surface area (Å²) in [5.74, 6) is 0. The third kappa shape index (κ3) is 3.59. The van der Waals surface area contributed by atoms with E-state index in [1.54, 1.807) is 18.2 Å². The van der Waals surface area contributed by atoms with E-state index in [9.17, 15) is 13.7 Å². The fourth-order valence-electron chi connectivity index (χ4n) is 3.20. The largest absolute Gasteiger partial charge is 0.294 e. The monoisotopic (exact) mass is 355 g/mol. The van der Waals surface area contributed by atoms with Crippen molar-refractivity contribution in [3.8, 4) is 6.07 Å². The second-order valence-corrected chi connectivity index (χ2v) is 8.04. The molecular weight excluding hydrogens is 334 g/mol. The molecule has 2 aromatic carbocycles. The van der Waals surface area contributed by atoms with Gasteiger partial charge in [-0.05, 0) is 24.6 Å². The van der Waals surface area contributed by atoms with Crippen LogP contribution in [0.2, 0.25) is 0 Å². The molecule has 0 radical (unpaired) electrons. The average Bonchev–Trinajstić information content (AvgIpc) is 2.68. The Kier molecular flexibility index (Phi) is 5.19. The molecule has 0 amide bonds. The maximum atomic E-state index is 12.9. The van der Waals surface area contributed by atoms with Crippen LogP contribution in [-0.4, -0.2) is 43.8 Å². The molecule has 0 bridgehead atoms. The van der Waals surface area contributed by atoms with Crippen molar-refractivity contribution in [3.05, 3.63) is 65.7 Å². The summed E-state index contributed by atoms with van der Waals surface area (Å²) in [5, 5.41) is 9.18. The Hall–Kier alpha value is -2.20. The summed E-state index contributed by atoms with van der Waals surface area (Å²) in [5.41, 5.74) is 1.43. The zero-order valence-electron chi connectivity index (χ0n) is 14.2. The number of sulfonamides is 1. The van der Waals surface area contributed by atoms with Crippen LogP contribution >= 0.6 is 0 Å². The van der Waals surface area contributed by atoms with Crippen LogP contribution in [0.3, 0.4) is 0 Å². The van der Waals surface area contributed by atoms with Gasteiger partial charge in [0, 0.05) is 32.2 Å². The van der Waals surface area contributed by atoms with Crippen LogP contribution in [0.15, 0.2) is 59.5 Å². The molecule has 1 saturated heterocycles. The van der Waals surface area contributed by atoms with Gasteiger partial charge in [-0.25, -0.2) is 8.42 Å². The van der Waals surface area contributed by atoms with Crippen molar-refractivity contribution in [1.82, 2.24) is 9.21 Å². The standard InChI is InChI=1S/C19H21N3O2S/c1-16(17-7-3-2-4-8-17)21-11-13-22(14-12-21)25(23,24)19-10-6-5-9-18(19)15-20/h2-10,16H,11-14H2,1H3. The third-order valence-corrected chi connectivity index (χ3v) is 6.69. The van der Waals surface area contributed by atoms with E-state index in [-0.39, 0.29) is 16.5 Å². The van der Waals surface area contributed by atoms with Gasteiger partial charge in [0.1, 0.15) is 6.07 Å². The van der Waals surface area contributed by atoms with E-state index in [0.717, 1.165) is 0 Å². The molecule has 1 atom stereocenters. The van der Waals surface area contributed by atoms with Gasteiger partial charge >= 0.3 is 0 Å². The van der Waals surface area contributed by atoms with Crippen molar-refractivity contribution in [2.45, 2.75) is 17.9 Å². The Morgan fingerprint density at radius 3 is 2.20 bits per heavy atom. The van der Waals surface area contributed by atoms with Crippen LogP contribution in [0.5, 0.6) is 0 Å². The van der Waals surface area contributed by atoms with Gasteiger partial charge in [-0.2, -0.15) is 9.57 Å². The molecule has 1 aliphatic rings. The lowest BCUT2D eigenvalue weighted by Crippen LogP contribution is -2.49. The highest BCUT2D eigenvalue weighted by Gasteiger charge is 2.31. The fourth-order valence-corrected chi connectivity index (χ4v) is 4.76. The van der Waals surface area contributed by atoms with E-state index < -0.39 is 10.0 Å². The van der Waals surface area contributed by atoms with Crippen LogP contribution in [0, 0.1) is 11.3 Å². The molecule has 0 N–H and O–H groups in total. The van der Waals surface area contributed by atoms with Crippen molar-refractivity contribution in [3.63, 3.8) is 0 Å². The summed E-state index contributed by atoms with van der Waals surface area (Å²) in [6, 6.07) is 18.8. The Bertz CT molecular complexity index is 867. The molecule has 0 spiro atoms. The molecule has 130 valence electrons. The van der Waals surface area contributed by atoms with Gasteiger partial charge in [0.25, 0.3) is 0 Å². The number of nitrogens with zero attached hydrogens (tertiary/aromatic N) is 3. The van der Waals surface area contributed by atoms with Crippen molar-refractivity contribution < 1.29 is 8.42 Å². The minimum atomic E-state index is -3.63. The zero-order valence-corrected chi connectivity index (χ0v) is 15.0. The van der Waals surface area contributed by atoms with Crippen LogP contribution < -0.4 is 0 Å². The molecule has 1 unspecified atom stereocenters. The minimum absolute atomic E-state index is 0.0991. The first-order valence-corrected chi connectivity index (χ1v) is 9.76. The lowest BCUT2D eigenvalue weighted by molar-refractivity contribution is 0.146. The van der Waals surface area contributed by atoms with Gasteiger partial charge in [0.05, 0.1) is 10.5 Å². The first-order valence-electron chi connectivity index (χ1n) is 8.32. The van der Waals surface area contributed by atoms with Gasteiger partial charge in [-0.1, -0.05) is 42.5 Å². The molecule has 1 fully saturated rings. The summed E-state index contributed by atoms with van der Waals surface area (Å²) in [6.07, 6.45) is 0. The van der Waals surface area contributed by atoms with E-state index in [2.05, 4.69) is 24.0 Å². The maximum Gasteiger partial charge on any atom is 0.244 e. The van der Waals surface area contributed by atoms with Crippen molar-refractivity contribution in [2.24, 2.45) is 0 Å². The zero-order chi connectivity index (χ0) is 17.9. The van der Waals surface area contributed by atoms with Crippen LogP contribution in [0.25, 0.3) is 0 Å². The van der Waals surface area contributed by atoms with Crippen LogP contribution in [0.1, 0.15) is 24.1 Å². The first kappa shape index (κ1) is 17.6. The van der Waals surface area contributed by atoms with E-state index in [1.165, 1.54) is 15.9 Å². The SMILES string of the molecule is CC(c1ccccc1)N1CCN(S(=O)(=O)c2ccccc2C#N)CC1. The molecule has 1 aliphatic heterocycles. The predicted octanol–water partition coefficient (Wildman–Crippen LogP) is 2.63. The molecule has 2 aromatic rings. The highest BCUT2D eigenvalue weighted by Crippen LogP contribution is 2.25. The Labute approximate surface area is 149 Å². The molecular formula is C19H21N3O2S. The highest BCUT2D eigenvalue weighted by molar-refractivity contribution is 7.89. The molecule has 5 nitrogen and oxygen atoms in total. The summed E-state index contributed by atoms with van der Waals surface area (Å²) < 4.78 is 27.2. The summed E-state index contributed by atoms with van der Waals surface area (Å²) in [7, 11) is -3.63. The smallest absolute Gasteiger partial charge is 0.244 e. The first-order chi connectivity index (χ1) is 12.0. The number of hydrogen-bond acceptors (Lipinski definition) is 4. The normalized spacial score (nSPS) is 17.8. The van der Waals surface area contributed by atoms with E-state index in [1.807, 2.05) is 24.3 Å². The molecule has 1 heterocycles. The van der Waals surface area contributed by atoms with E-state index in [4.69, 9.17) is 0 Å². The molecule has 25 heavy (non-hydrogen) atoms. The van der Waals surface area contributed by atoms with Gasteiger partial charge < -0.3 is 0 Å². The fraction of sp³-hybridized carbons (Fsp3) is 0.316. The van der Waals surface area contributed by atoms with Gasteiger partial charge in [0.2, 0.25) is 10.0 Å². The van der Waals surface area contributed by atoms with Crippen LogP contribution in [-0.2, 0) is 10.0 Å². The molecule has 6 heteroatoms. The topological polar surface area (TPSA) is 64.4 Å². The lowest BCUT2D eigenvalue weighted by atomic mass is 10.1. The van der Waals surface area contributed by atoms with E-state index >= 15 is 0 Å².